The minimum absolute atomic E-state index is 0.0983. The van der Waals surface area contributed by atoms with E-state index in [1.807, 2.05) is 20.8 Å². The summed E-state index contributed by atoms with van der Waals surface area (Å²) >= 11 is 0. The van der Waals surface area contributed by atoms with Crippen molar-refractivity contribution >= 4 is 17.5 Å². The Bertz CT molecular complexity index is 789. The van der Waals surface area contributed by atoms with Crippen LogP contribution >= 0.6 is 0 Å². The van der Waals surface area contributed by atoms with E-state index in [1.165, 1.54) is 0 Å². The third-order valence-electron chi connectivity index (χ3n) is 4.00. The van der Waals surface area contributed by atoms with Crippen LogP contribution in [0.3, 0.4) is 0 Å². The molecule has 0 radical (unpaired) electrons. The van der Waals surface area contributed by atoms with Gasteiger partial charge in [0.05, 0.1) is 19.3 Å². The molecular formula is C21H26N2O4. The van der Waals surface area contributed by atoms with E-state index in [0.29, 0.717) is 29.4 Å². The molecule has 0 spiro atoms. The second kappa shape index (κ2) is 9.62. The van der Waals surface area contributed by atoms with Gasteiger partial charge in [-0.15, -0.1) is 0 Å². The lowest BCUT2D eigenvalue weighted by molar-refractivity contribution is -0.118. The lowest BCUT2D eigenvalue weighted by atomic mass is 10.0. The van der Waals surface area contributed by atoms with Crippen molar-refractivity contribution in [2.75, 3.05) is 19.0 Å². The van der Waals surface area contributed by atoms with Crippen molar-refractivity contribution in [3.05, 3.63) is 54.1 Å². The molecular weight excluding hydrogens is 344 g/mol. The molecule has 0 aliphatic carbocycles. The van der Waals surface area contributed by atoms with Gasteiger partial charge in [0.15, 0.2) is 0 Å². The van der Waals surface area contributed by atoms with Crippen molar-refractivity contribution in [1.82, 2.24) is 5.32 Å². The number of para-hydroxylation sites is 1. The van der Waals surface area contributed by atoms with E-state index in [4.69, 9.17) is 9.47 Å². The molecule has 0 saturated carbocycles. The molecule has 2 aromatic carbocycles. The van der Waals surface area contributed by atoms with E-state index in [-0.39, 0.29) is 17.7 Å². The van der Waals surface area contributed by atoms with Crippen LogP contribution < -0.4 is 20.1 Å². The van der Waals surface area contributed by atoms with Gasteiger partial charge in [-0.05, 0) is 37.1 Å². The number of ether oxygens (including phenoxy) is 2. The third kappa shape index (κ3) is 5.48. The van der Waals surface area contributed by atoms with Gasteiger partial charge in [0.25, 0.3) is 5.91 Å². The normalized spacial score (nSPS) is 11.6. The Morgan fingerprint density at radius 1 is 1.07 bits per heavy atom. The zero-order valence-corrected chi connectivity index (χ0v) is 16.1. The topological polar surface area (TPSA) is 76.7 Å². The van der Waals surface area contributed by atoms with Crippen LogP contribution in [0.5, 0.6) is 11.5 Å². The molecule has 0 saturated heterocycles. The summed E-state index contributed by atoms with van der Waals surface area (Å²) in [5.41, 5.74) is 1.01. The molecule has 0 aliphatic rings. The average molecular weight is 370 g/mol. The molecule has 144 valence electrons. The quantitative estimate of drug-likeness (QED) is 0.746. The Morgan fingerprint density at radius 3 is 2.48 bits per heavy atom. The molecule has 27 heavy (non-hydrogen) atoms. The molecule has 0 fully saturated rings. The first-order valence-electron chi connectivity index (χ1n) is 8.93. The van der Waals surface area contributed by atoms with Crippen molar-refractivity contribution in [1.29, 1.82) is 0 Å². The predicted octanol–water partition coefficient (Wildman–Crippen LogP) is 3.49. The minimum atomic E-state index is -0.696. The summed E-state index contributed by atoms with van der Waals surface area (Å²) < 4.78 is 10.7. The number of rotatable bonds is 8. The summed E-state index contributed by atoms with van der Waals surface area (Å²) in [6.45, 7) is 6.07. The van der Waals surface area contributed by atoms with Crippen molar-refractivity contribution in [3.8, 4) is 11.5 Å². The van der Waals surface area contributed by atoms with Crippen LogP contribution in [0.4, 0.5) is 5.69 Å². The molecule has 0 bridgehead atoms. The minimum Gasteiger partial charge on any atom is -0.497 e. The highest BCUT2D eigenvalue weighted by molar-refractivity contribution is 6.02. The number of methoxy groups -OCH3 is 1. The first kappa shape index (κ1) is 20.3. The summed E-state index contributed by atoms with van der Waals surface area (Å²) in [6.07, 6.45) is 0. The fraction of sp³-hybridized carbons (Fsp3) is 0.333. The summed E-state index contributed by atoms with van der Waals surface area (Å²) in [5, 5.41) is 5.65. The van der Waals surface area contributed by atoms with Crippen LogP contribution in [-0.2, 0) is 4.79 Å². The highest BCUT2D eigenvalue weighted by Crippen LogP contribution is 2.20. The molecule has 1 atom stereocenters. The van der Waals surface area contributed by atoms with Crippen LogP contribution in [0, 0.1) is 5.92 Å². The lowest BCUT2D eigenvalue weighted by Crippen LogP contribution is -2.47. The number of hydrogen-bond donors (Lipinski definition) is 2. The van der Waals surface area contributed by atoms with E-state index in [0.717, 1.165) is 0 Å². The Hall–Kier alpha value is -3.02. The highest BCUT2D eigenvalue weighted by Gasteiger charge is 2.26. The molecule has 2 rings (SSSR count). The SMILES string of the molecule is CCOc1ccccc1C(=O)NC(C(=O)Nc1cccc(OC)c1)C(C)C. The fourth-order valence-electron chi connectivity index (χ4n) is 2.61. The van der Waals surface area contributed by atoms with Crippen molar-refractivity contribution in [2.24, 2.45) is 5.92 Å². The van der Waals surface area contributed by atoms with Crippen LogP contribution in [0.1, 0.15) is 31.1 Å². The van der Waals surface area contributed by atoms with E-state index in [9.17, 15) is 9.59 Å². The summed E-state index contributed by atoms with van der Waals surface area (Å²) in [7, 11) is 1.56. The zero-order valence-electron chi connectivity index (χ0n) is 16.1. The Kier molecular flexibility index (Phi) is 7.23. The fourth-order valence-corrected chi connectivity index (χ4v) is 2.61. The van der Waals surface area contributed by atoms with Gasteiger partial charge in [-0.2, -0.15) is 0 Å². The van der Waals surface area contributed by atoms with E-state index >= 15 is 0 Å². The van der Waals surface area contributed by atoms with E-state index in [2.05, 4.69) is 10.6 Å². The number of carbonyl (C=O) groups is 2. The molecule has 2 amide bonds. The largest absolute Gasteiger partial charge is 0.497 e. The summed E-state index contributed by atoms with van der Waals surface area (Å²) in [4.78, 5) is 25.5. The second-order valence-corrected chi connectivity index (χ2v) is 6.35. The third-order valence-corrected chi connectivity index (χ3v) is 4.00. The molecule has 0 heterocycles. The van der Waals surface area contributed by atoms with Crippen molar-refractivity contribution in [3.63, 3.8) is 0 Å². The molecule has 1 unspecified atom stereocenters. The van der Waals surface area contributed by atoms with Crippen LogP contribution in [0.15, 0.2) is 48.5 Å². The van der Waals surface area contributed by atoms with Crippen molar-refractivity contribution in [2.45, 2.75) is 26.8 Å². The van der Waals surface area contributed by atoms with Gasteiger partial charge < -0.3 is 20.1 Å². The predicted molar refractivity (Wildman–Crippen MR) is 105 cm³/mol. The number of hydrogen-bond acceptors (Lipinski definition) is 4. The Morgan fingerprint density at radius 2 is 1.81 bits per heavy atom. The van der Waals surface area contributed by atoms with Crippen molar-refractivity contribution < 1.29 is 19.1 Å². The second-order valence-electron chi connectivity index (χ2n) is 6.35. The molecule has 0 aliphatic heterocycles. The maximum Gasteiger partial charge on any atom is 0.255 e. The van der Waals surface area contributed by atoms with Crippen LogP contribution in [-0.4, -0.2) is 31.6 Å². The smallest absolute Gasteiger partial charge is 0.255 e. The van der Waals surface area contributed by atoms with E-state index < -0.39 is 6.04 Å². The van der Waals surface area contributed by atoms with E-state index in [1.54, 1.807) is 55.6 Å². The summed E-state index contributed by atoms with van der Waals surface area (Å²) in [6, 6.07) is 13.4. The van der Waals surface area contributed by atoms with Gasteiger partial charge in [0, 0.05) is 11.8 Å². The van der Waals surface area contributed by atoms with Crippen LogP contribution in [0.2, 0.25) is 0 Å². The molecule has 6 nitrogen and oxygen atoms in total. The standard InChI is InChI=1S/C21H26N2O4/c1-5-27-18-12-7-6-11-17(18)20(24)23-19(14(2)3)21(25)22-15-9-8-10-16(13-15)26-4/h6-14,19H,5H2,1-4H3,(H,22,25)(H,23,24). The monoisotopic (exact) mass is 370 g/mol. The van der Waals surface area contributed by atoms with Crippen LogP contribution in [0.25, 0.3) is 0 Å². The zero-order chi connectivity index (χ0) is 19.8. The molecule has 6 heteroatoms. The van der Waals surface area contributed by atoms with Gasteiger partial charge in [0.1, 0.15) is 17.5 Å². The van der Waals surface area contributed by atoms with Gasteiger partial charge in [0.2, 0.25) is 5.91 Å². The molecule has 0 aromatic heterocycles. The first-order chi connectivity index (χ1) is 13.0. The highest BCUT2D eigenvalue weighted by atomic mass is 16.5. The number of benzene rings is 2. The van der Waals surface area contributed by atoms with Gasteiger partial charge in [-0.25, -0.2) is 0 Å². The molecule has 2 N–H and O–H groups in total. The molecule has 2 aromatic rings. The van der Waals surface area contributed by atoms with Gasteiger partial charge in [-0.1, -0.05) is 32.0 Å². The van der Waals surface area contributed by atoms with Gasteiger partial charge in [-0.3, -0.25) is 9.59 Å². The average Bonchev–Trinajstić information content (AvgIpc) is 2.66. The summed E-state index contributed by atoms with van der Waals surface area (Å²) in [5.74, 6) is 0.398. The number of nitrogens with one attached hydrogen (secondary N) is 2. The maximum absolute atomic E-state index is 12.7. The number of anilines is 1. The first-order valence-corrected chi connectivity index (χ1v) is 8.93. The number of amides is 2. The van der Waals surface area contributed by atoms with Gasteiger partial charge >= 0.3 is 0 Å². The number of carbonyl (C=O) groups excluding carboxylic acids is 2. The Labute approximate surface area is 159 Å². The Balaban J connectivity index is 2.15. The lowest BCUT2D eigenvalue weighted by Gasteiger charge is -2.22. The maximum atomic E-state index is 12.7.